The maximum absolute atomic E-state index is 12.6. The topological polar surface area (TPSA) is 112 Å². The van der Waals surface area contributed by atoms with Crippen molar-refractivity contribution in [2.75, 3.05) is 25.0 Å². The molecule has 0 spiro atoms. The smallest absolute Gasteiger partial charge is 0.343 e. The summed E-state index contributed by atoms with van der Waals surface area (Å²) in [7, 11) is 1.67. The van der Waals surface area contributed by atoms with Crippen LogP contribution in [-0.4, -0.2) is 57.6 Å². The zero-order chi connectivity index (χ0) is 20.3. The van der Waals surface area contributed by atoms with Gasteiger partial charge >= 0.3 is 12.0 Å². The predicted molar refractivity (Wildman–Crippen MR) is 98.9 cm³/mol. The molecule has 1 fully saturated rings. The number of nitrogens with one attached hydrogen (secondary N) is 1. The van der Waals surface area contributed by atoms with E-state index in [0.717, 1.165) is 23.4 Å². The van der Waals surface area contributed by atoms with Crippen LogP contribution in [0.2, 0.25) is 0 Å². The van der Waals surface area contributed by atoms with Crippen LogP contribution in [0.15, 0.2) is 10.7 Å². The molecule has 1 saturated heterocycles. The van der Waals surface area contributed by atoms with E-state index in [1.54, 1.807) is 18.9 Å². The number of aryl methyl sites for hydroxylation is 3. The number of amides is 2. The van der Waals surface area contributed by atoms with E-state index in [-0.39, 0.29) is 30.1 Å². The number of anilines is 1. The van der Waals surface area contributed by atoms with E-state index in [1.807, 2.05) is 13.8 Å². The third-order valence-corrected chi connectivity index (χ3v) is 4.63. The second-order valence-corrected chi connectivity index (χ2v) is 6.69. The SMILES string of the molecule is CCOC(=O)c1cn(C)nc1NC(=O)N1CCC(OCc2c(C)noc2C)C1. The van der Waals surface area contributed by atoms with Crippen molar-refractivity contribution in [3.05, 3.63) is 28.8 Å². The summed E-state index contributed by atoms with van der Waals surface area (Å²) < 4.78 is 17.5. The molecule has 2 amide bonds. The molecule has 10 nitrogen and oxygen atoms in total. The summed E-state index contributed by atoms with van der Waals surface area (Å²) >= 11 is 0. The number of rotatable bonds is 6. The number of likely N-dealkylation sites (tertiary alicyclic amines) is 1. The summed E-state index contributed by atoms with van der Waals surface area (Å²) in [6.45, 7) is 7.10. The van der Waals surface area contributed by atoms with Gasteiger partial charge in [0.05, 0.1) is 25.0 Å². The third kappa shape index (κ3) is 4.33. The van der Waals surface area contributed by atoms with Crippen LogP contribution in [0.3, 0.4) is 0 Å². The number of aromatic nitrogens is 3. The number of hydrogen-bond acceptors (Lipinski definition) is 7. The Kier molecular flexibility index (Phi) is 5.98. The van der Waals surface area contributed by atoms with Crippen LogP contribution in [0.25, 0.3) is 0 Å². The van der Waals surface area contributed by atoms with Crippen molar-refractivity contribution < 1.29 is 23.6 Å². The molecule has 10 heteroatoms. The number of hydrogen-bond donors (Lipinski definition) is 1. The normalized spacial score (nSPS) is 16.4. The number of carbonyl (C=O) groups excluding carboxylic acids is 2. The minimum absolute atomic E-state index is 0.0762. The summed E-state index contributed by atoms with van der Waals surface area (Å²) in [4.78, 5) is 26.2. The van der Waals surface area contributed by atoms with Gasteiger partial charge in [-0.15, -0.1) is 0 Å². The zero-order valence-electron chi connectivity index (χ0n) is 16.5. The maximum atomic E-state index is 12.6. The average Bonchev–Trinajstić information content (AvgIpc) is 3.34. The number of ether oxygens (including phenoxy) is 2. The van der Waals surface area contributed by atoms with Crippen molar-refractivity contribution in [1.82, 2.24) is 19.8 Å². The second kappa shape index (κ2) is 8.42. The molecule has 152 valence electrons. The number of nitrogens with zero attached hydrogens (tertiary/aromatic N) is 4. The van der Waals surface area contributed by atoms with E-state index in [4.69, 9.17) is 14.0 Å². The van der Waals surface area contributed by atoms with Crippen molar-refractivity contribution in [2.24, 2.45) is 7.05 Å². The fourth-order valence-electron chi connectivity index (χ4n) is 3.08. The van der Waals surface area contributed by atoms with E-state index < -0.39 is 5.97 Å². The minimum Gasteiger partial charge on any atom is -0.462 e. The number of urea groups is 1. The second-order valence-electron chi connectivity index (χ2n) is 6.69. The lowest BCUT2D eigenvalue weighted by Gasteiger charge is -2.17. The highest BCUT2D eigenvalue weighted by Crippen LogP contribution is 2.20. The molecule has 0 bridgehead atoms. The highest BCUT2D eigenvalue weighted by molar-refractivity contribution is 5.99. The summed E-state index contributed by atoms with van der Waals surface area (Å²) in [5, 5.41) is 10.7. The molecule has 3 rings (SSSR count). The van der Waals surface area contributed by atoms with Crippen LogP contribution in [0.4, 0.5) is 10.6 Å². The molecule has 2 aromatic rings. The lowest BCUT2D eigenvalue weighted by atomic mass is 10.2. The molecular weight excluding hydrogens is 366 g/mol. The Balaban J connectivity index is 1.56. The number of esters is 1. The van der Waals surface area contributed by atoms with Crippen molar-refractivity contribution in [1.29, 1.82) is 0 Å². The van der Waals surface area contributed by atoms with Crippen LogP contribution in [0.5, 0.6) is 0 Å². The molecule has 28 heavy (non-hydrogen) atoms. The molecule has 0 radical (unpaired) electrons. The summed E-state index contributed by atoms with van der Waals surface area (Å²) in [6, 6.07) is -0.326. The van der Waals surface area contributed by atoms with Crippen LogP contribution in [0, 0.1) is 13.8 Å². The molecular formula is C18H25N5O5. The Bertz CT molecular complexity index is 839. The van der Waals surface area contributed by atoms with E-state index in [9.17, 15) is 9.59 Å². The van der Waals surface area contributed by atoms with Crippen LogP contribution in [0.1, 0.15) is 40.7 Å². The predicted octanol–water partition coefficient (Wildman–Crippen LogP) is 2.02. The zero-order valence-corrected chi connectivity index (χ0v) is 16.5. The van der Waals surface area contributed by atoms with Gasteiger partial charge in [-0.25, -0.2) is 9.59 Å². The van der Waals surface area contributed by atoms with Crippen LogP contribution >= 0.6 is 0 Å². The quantitative estimate of drug-likeness (QED) is 0.750. The molecule has 1 aliphatic heterocycles. The van der Waals surface area contributed by atoms with E-state index in [1.165, 1.54) is 10.9 Å². The molecule has 2 aromatic heterocycles. The van der Waals surface area contributed by atoms with Gasteiger partial charge in [0.25, 0.3) is 0 Å². The van der Waals surface area contributed by atoms with Crippen LogP contribution < -0.4 is 5.32 Å². The van der Waals surface area contributed by atoms with Gasteiger partial charge in [-0.05, 0) is 27.2 Å². The first-order valence-corrected chi connectivity index (χ1v) is 9.19. The van der Waals surface area contributed by atoms with Gasteiger partial charge < -0.3 is 18.9 Å². The van der Waals surface area contributed by atoms with Gasteiger partial charge in [-0.1, -0.05) is 5.16 Å². The first kappa shape index (κ1) is 19.9. The monoisotopic (exact) mass is 391 g/mol. The molecule has 3 heterocycles. The molecule has 1 aliphatic rings. The van der Waals surface area contributed by atoms with Gasteiger partial charge in [-0.3, -0.25) is 10.00 Å². The largest absolute Gasteiger partial charge is 0.462 e. The van der Waals surface area contributed by atoms with Crippen molar-refractivity contribution >= 4 is 17.8 Å². The lowest BCUT2D eigenvalue weighted by molar-refractivity contribution is 0.0482. The van der Waals surface area contributed by atoms with Gasteiger partial charge in [-0.2, -0.15) is 5.10 Å². The molecule has 0 saturated carbocycles. The highest BCUT2D eigenvalue weighted by atomic mass is 16.5. The van der Waals surface area contributed by atoms with Crippen molar-refractivity contribution in [2.45, 2.75) is 39.9 Å². The molecule has 1 N–H and O–H groups in total. The van der Waals surface area contributed by atoms with Crippen LogP contribution in [-0.2, 0) is 23.1 Å². The highest BCUT2D eigenvalue weighted by Gasteiger charge is 2.29. The Labute approximate surface area is 162 Å². The fraction of sp³-hybridized carbons (Fsp3) is 0.556. The summed E-state index contributed by atoms with van der Waals surface area (Å²) in [5.41, 5.74) is 1.98. The van der Waals surface area contributed by atoms with Gasteiger partial charge in [0, 0.05) is 31.9 Å². The lowest BCUT2D eigenvalue weighted by Crippen LogP contribution is -2.34. The van der Waals surface area contributed by atoms with Gasteiger partial charge in [0.15, 0.2) is 5.82 Å². The minimum atomic E-state index is -0.520. The standard InChI is InChI=1S/C18H25N5O5/c1-5-26-17(24)14-9-22(4)20-16(14)19-18(25)23-7-6-13(8-23)27-10-15-11(2)21-28-12(15)3/h9,13H,5-8,10H2,1-4H3,(H,19,20,25). The number of carbonyl (C=O) groups is 2. The maximum Gasteiger partial charge on any atom is 0.343 e. The first-order valence-electron chi connectivity index (χ1n) is 9.19. The third-order valence-electron chi connectivity index (χ3n) is 4.63. The van der Waals surface area contributed by atoms with E-state index in [0.29, 0.717) is 19.7 Å². The van der Waals surface area contributed by atoms with Gasteiger partial charge in [0.2, 0.25) is 0 Å². The fourth-order valence-corrected chi connectivity index (χ4v) is 3.08. The summed E-state index contributed by atoms with van der Waals surface area (Å²) in [5.74, 6) is 0.408. The Hall–Kier alpha value is -2.88. The molecule has 0 aliphatic carbocycles. The van der Waals surface area contributed by atoms with Crippen molar-refractivity contribution in [3.63, 3.8) is 0 Å². The summed E-state index contributed by atoms with van der Waals surface area (Å²) in [6.07, 6.45) is 2.17. The molecule has 1 unspecified atom stereocenters. The van der Waals surface area contributed by atoms with Gasteiger partial charge in [0.1, 0.15) is 11.3 Å². The van der Waals surface area contributed by atoms with E-state index in [2.05, 4.69) is 15.6 Å². The van der Waals surface area contributed by atoms with E-state index >= 15 is 0 Å². The average molecular weight is 391 g/mol. The Morgan fingerprint density at radius 3 is 2.86 bits per heavy atom. The van der Waals surface area contributed by atoms with Crippen molar-refractivity contribution in [3.8, 4) is 0 Å². The molecule has 1 atom stereocenters. The Morgan fingerprint density at radius 1 is 1.39 bits per heavy atom. The Morgan fingerprint density at radius 2 is 2.18 bits per heavy atom. The molecule has 0 aromatic carbocycles. The first-order chi connectivity index (χ1) is 13.4.